The van der Waals surface area contributed by atoms with Gasteiger partial charge in [-0.2, -0.15) is 5.10 Å². The standard InChI is InChI=1S/C17H13N3O5/c1-11-4-6-13(14(9-11)20(22)23)15-7-5-12(25-15)10-18-19-17(21)16-3-2-8-24-16/h2-10H,1H3,(H,19,21)/b18-10-. The van der Waals surface area contributed by atoms with E-state index in [4.69, 9.17) is 8.83 Å². The highest BCUT2D eigenvalue weighted by Crippen LogP contribution is 2.31. The number of nitrogens with one attached hydrogen (secondary N) is 1. The molecule has 0 radical (unpaired) electrons. The number of nitrogens with zero attached hydrogens (tertiary/aromatic N) is 2. The van der Waals surface area contributed by atoms with Crippen LogP contribution in [0.4, 0.5) is 5.69 Å². The van der Waals surface area contributed by atoms with Crippen molar-refractivity contribution in [1.29, 1.82) is 0 Å². The molecular weight excluding hydrogens is 326 g/mol. The molecule has 1 amide bonds. The van der Waals surface area contributed by atoms with Crippen LogP contribution in [0.15, 0.2) is 62.7 Å². The molecule has 0 bridgehead atoms. The Kier molecular flexibility index (Phi) is 4.42. The molecule has 0 unspecified atom stereocenters. The molecule has 1 N–H and O–H groups in total. The van der Waals surface area contributed by atoms with Gasteiger partial charge in [0.15, 0.2) is 5.76 Å². The number of nitro groups is 1. The molecular formula is C17H13N3O5. The Morgan fingerprint density at radius 2 is 2.12 bits per heavy atom. The number of carbonyl (C=O) groups excluding carboxylic acids is 1. The molecule has 0 saturated heterocycles. The van der Waals surface area contributed by atoms with Gasteiger partial charge < -0.3 is 8.83 Å². The minimum atomic E-state index is -0.498. The first-order chi connectivity index (χ1) is 12.0. The van der Waals surface area contributed by atoms with Gasteiger partial charge in [0.2, 0.25) is 0 Å². The monoisotopic (exact) mass is 339 g/mol. The molecule has 0 aliphatic carbocycles. The van der Waals surface area contributed by atoms with Gasteiger partial charge in [0.1, 0.15) is 11.5 Å². The van der Waals surface area contributed by atoms with E-state index in [0.29, 0.717) is 17.1 Å². The lowest BCUT2D eigenvalue weighted by Gasteiger charge is -2.01. The van der Waals surface area contributed by atoms with Gasteiger partial charge in [-0.25, -0.2) is 5.43 Å². The van der Waals surface area contributed by atoms with Crippen molar-refractivity contribution in [1.82, 2.24) is 5.43 Å². The van der Waals surface area contributed by atoms with E-state index in [0.717, 1.165) is 5.56 Å². The first kappa shape index (κ1) is 16.2. The van der Waals surface area contributed by atoms with Crippen molar-refractivity contribution in [2.75, 3.05) is 0 Å². The average molecular weight is 339 g/mol. The van der Waals surface area contributed by atoms with Gasteiger partial charge in [-0.1, -0.05) is 6.07 Å². The highest BCUT2D eigenvalue weighted by molar-refractivity contribution is 5.92. The molecule has 1 aromatic carbocycles. The summed E-state index contributed by atoms with van der Waals surface area (Å²) in [6.45, 7) is 1.78. The molecule has 8 heteroatoms. The summed E-state index contributed by atoms with van der Waals surface area (Å²) in [7, 11) is 0. The number of hydrazone groups is 1. The number of hydrogen-bond acceptors (Lipinski definition) is 6. The number of rotatable bonds is 5. The number of amides is 1. The fourth-order valence-corrected chi connectivity index (χ4v) is 2.19. The zero-order valence-corrected chi connectivity index (χ0v) is 13.1. The molecule has 2 heterocycles. The summed E-state index contributed by atoms with van der Waals surface area (Å²) >= 11 is 0. The van der Waals surface area contributed by atoms with Crippen LogP contribution in [0.25, 0.3) is 11.3 Å². The van der Waals surface area contributed by atoms with Gasteiger partial charge in [0, 0.05) is 6.07 Å². The largest absolute Gasteiger partial charge is 0.459 e. The zero-order valence-electron chi connectivity index (χ0n) is 13.1. The minimum absolute atomic E-state index is 0.0380. The Morgan fingerprint density at radius 3 is 2.84 bits per heavy atom. The Hall–Kier alpha value is -3.68. The molecule has 0 aliphatic rings. The third-order valence-electron chi connectivity index (χ3n) is 3.35. The second kappa shape index (κ2) is 6.83. The summed E-state index contributed by atoms with van der Waals surface area (Å²) in [5.41, 5.74) is 3.40. The molecule has 3 rings (SSSR count). The van der Waals surface area contributed by atoms with E-state index in [1.54, 1.807) is 37.3 Å². The first-order valence-electron chi connectivity index (χ1n) is 7.27. The third kappa shape index (κ3) is 3.63. The van der Waals surface area contributed by atoms with Crippen LogP contribution < -0.4 is 5.43 Å². The number of hydrogen-bond donors (Lipinski definition) is 1. The maximum Gasteiger partial charge on any atom is 0.307 e. The fourth-order valence-electron chi connectivity index (χ4n) is 2.19. The van der Waals surface area contributed by atoms with Crippen LogP contribution in [0.2, 0.25) is 0 Å². The smallest absolute Gasteiger partial charge is 0.307 e. The lowest BCUT2D eigenvalue weighted by molar-refractivity contribution is -0.384. The van der Waals surface area contributed by atoms with Crippen LogP contribution in [0.1, 0.15) is 21.9 Å². The number of benzene rings is 1. The predicted octanol–water partition coefficient (Wildman–Crippen LogP) is 3.52. The number of furan rings is 2. The van der Waals surface area contributed by atoms with Gasteiger partial charge in [0.25, 0.3) is 5.69 Å². The highest BCUT2D eigenvalue weighted by atomic mass is 16.6. The Morgan fingerprint density at radius 1 is 1.28 bits per heavy atom. The third-order valence-corrected chi connectivity index (χ3v) is 3.35. The molecule has 0 saturated carbocycles. The van der Waals surface area contributed by atoms with Crippen molar-refractivity contribution < 1.29 is 18.6 Å². The van der Waals surface area contributed by atoms with E-state index in [1.165, 1.54) is 24.6 Å². The van der Waals surface area contributed by atoms with E-state index < -0.39 is 10.8 Å². The highest BCUT2D eigenvalue weighted by Gasteiger charge is 2.18. The Balaban J connectivity index is 1.76. The summed E-state index contributed by atoms with van der Waals surface area (Å²) in [6, 6.07) is 11.2. The number of carbonyl (C=O) groups is 1. The topological polar surface area (TPSA) is 111 Å². The van der Waals surface area contributed by atoms with Crippen molar-refractivity contribution in [3.63, 3.8) is 0 Å². The second-order valence-electron chi connectivity index (χ2n) is 5.16. The molecule has 25 heavy (non-hydrogen) atoms. The van der Waals surface area contributed by atoms with E-state index in [9.17, 15) is 14.9 Å². The number of aryl methyl sites for hydroxylation is 1. The molecule has 0 aliphatic heterocycles. The van der Waals surface area contributed by atoms with Crippen molar-refractivity contribution in [3.05, 3.63) is 75.9 Å². The van der Waals surface area contributed by atoms with Crippen molar-refractivity contribution in [3.8, 4) is 11.3 Å². The maximum atomic E-state index is 11.7. The van der Waals surface area contributed by atoms with Crippen LogP contribution in [0.5, 0.6) is 0 Å². The fraction of sp³-hybridized carbons (Fsp3) is 0.0588. The average Bonchev–Trinajstić information content (AvgIpc) is 3.26. The van der Waals surface area contributed by atoms with E-state index in [1.807, 2.05) is 0 Å². The molecule has 2 aromatic heterocycles. The van der Waals surface area contributed by atoms with Crippen LogP contribution in [-0.2, 0) is 0 Å². The summed E-state index contributed by atoms with van der Waals surface area (Å²) in [5.74, 6) is 0.310. The SMILES string of the molecule is Cc1ccc(-c2ccc(/C=N\NC(=O)c3ccco3)o2)c([N+](=O)[O-])c1. The minimum Gasteiger partial charge on any atom is -0.459 e. The molecule has 0 spiro atoms. The Labute approximate surface area is 141 Å². The van der Waals surface area contributed by atoms with Crippen molar-refractivity contribution >= 4 is 17.8 Å². The van der Waals surface area contributed by atoms with Gasteiger partial charge in [-0.3, -0.25) is 14.9 Å². The summed E-state index contributed by atoms with van der Waals surface area (Å²) < 4.78 is 10.5. The lowest BCUT2D eigenvalue weighted by atomic mass is 10.1. The predicted molar refractivity (Wildman–Crippen MR) is 89.3 cm³/mol. The maximum absolute atomic E-state index is 11.7. The molecule has 8 nitrogen and oxygen atoms in total. The van der Waals surface area contributed by atoms with Crippen LogP contribution in [0.3, 0.4) is 0 Å². The second-order valence-corrected chi connectivity index (χ2v) is 5.16. The Bertz CT molecular complexity index is 941. The lowest BCUT2D eigenvalue weighted by Crippen LogP contribution is -2.16. The van der Waals surface area contributed by atoms with Crippen LogP contribution in [-0.4, -0.2) is 17.0 Å². The van der Waals surface area contributed by atoms with E-state index >= 15 is 0 Å². The quantitative estimate of drug-likeness (QED) is 0.434. The number of nitro benzene ring substituents is 1. The zero-order chi connectivity index (χ0) is 17.8. The molecule has 126 valence electrons. The van der Waals surface area contributed by atoms with Gasteiger partial charge >= 0.3 is 5.91 Å². The van der Waals surface area contributed by atoms with E-state index in [-0.39, 0.29) is 11.4 Å². The van der Waals surface area contributed by atoms with Crippen LogP contribution >= 0.6 is 0 Å². The first-order valence-corrected chi connectivity index (χ1v) is 7.27. The van der Waals surface area contributed by atoms with E-state index in [2.05, 4.69) is 10.5 Å². The molecule has 3 aromatic rings. The summed E-state index contributed by atoms with van der Waals surface area (Å²) in [5, 5.41) is 15.0. The molecule has 0 atom stereocenters. The van der Waals surface area contributed by atoms with Gasteiger partial charge in [-0.15, -0.1) is 0 Å². The normalized spacial score (nSPS) is 10.9. The van der Waals surface area contributed by atoms with Gasteiger partial charge in [0.05, 0.1) is 23.0 Å². The van der Waals surface area contributed by atoms with Crippen molar-refractivity contribution in [2.45, 2.75) is 6.92 Å². The molecule has 0 fully saturated rings. The van der Waals surface area contributed by atoms with Crippen LogP contribution in [0, 0.1) is 17.0 Å². The van der Waals surface area contributed by atoms with Gasteiger partial charge in [-0.05, 0) is 42.8 Å². The van der Waals surface area contributed by atoms with Crippen molar-refractivity contribution in [2.24, 2.45) is 5.10 Å². The summed E-state index contributed by atoms with van der Waals surface area (Å²) in [4.78, 5) is 22.4. The summed E-state index contributed by atoms with van der Waals surface area (Å²) in [6.07, 6.45) is 2.68.